The van der Waals surface area contributed by atoms with Gasteiger partial charge in [0.2, 0.25) is 0 Å². The van der Waals surface area contributed by atoms with Crippen LogP contribution in [0.25, 0.3) is 10.9 Å². The number of aromatic amines is 1. The number of hydrogen-bond donors (Lipinski definition) is 3. The minimum absolute atomic E-state index is 0.208. The molecular formula is C13H16FN3. The third kappa shape index (κ3) is 1.73. The first kappa shape index (κ1) is 10.7. The summed E-state index contributed by atoms with van der Waals surface area (Å²) in [5.41, 5.74) is 7.84. The Morgan fingerprint density at radius 2 is 2.29 bits per heavy atom. The average Bonchev–Trinajstić information content (AvgIpc) is 2.92. The van der Waals surface area contributed by atoms with E-state index in [1.165, 1.54) is 17.7 Å². The Hall–Kier alpha value is -1.39. The number of nitrogens with two attached hydrogens (primary N) is 1. The largest absolute Gasteiger partial charge is 0.361 e. The first-order valence-electron chi connectivity index (χ1n) is 5.99. The van der Waals surface area contributed by atoms with Gasteiger partial charge < -0.3 is 16.0 Å². The molecular weight excluding hydrogens is 217 g/mol. The molecule has 4 heteroatoms. The van der Waals surface area contributed by atoms with Crippen LogP contribution in [0.2, 0.25) is 0 Å². The molecule has 3 nitrogen and oxygen atoms in total. The fourth-order valence-electron chi connectivity index (χ4n) is 2.75. The molecule has 0 amide bonds. The molecule has 1 saturated heterocycles. The molecule has 1 aromatic heterocycles. The molecule has 17 heavy (non-hydrogen) atoms. The number of fused-ring (bicyclic) bond motifs is 1. The Morgan fingerprint density at radius 1 is 1.41 bits per heavy atom. The van der Waals surface area contributed by atoms with E-state index >= 15 is 0 Å². The van der Waals surface area contributed by atoms with Crippen LogP contribution in [-0.2, 0) is 0 Å². The maximum atomic E-state index is 13.1. The number of hydrogen-bond acceptors (Lipinski definition) is 2. The van der Waals surface area contributed by atoms with Gasteiger partial charge in [0.25, 0.3) is 0 Å². The molecule has 0 radical (unpaired) electrons. The molecule has 0 bridgehead atoms. The summed E-state index contributed by atoms with van der Waals surface area (Å²) < 4.78 is 13.1. The van der Waals surface area contributed by atoms with Crippen molar-refractivity contribution in [2.45, 2.75) is 12.5 Å². The molecule has 90 valence electrons. The molecule has 1 aliphatic rings. The number of H-pyrrole nitrogens is 1. The molecule has 2 unspecified atom stereocenters. The van der Waals surface area contributed by atoms with E-state index < -0.39 is 0 Å². The van der Waals surface area contributed by atoms with E-state index in [-0.39, 0.29) is 5.82 Å². The maximum absolute atomic E-state index is 13.1. The van der Waals surface area contributed by atoms with E-state index in [0.29, 0.717) is 18.5 Å². The SMILES string of the molecule is NCC1CCNC1c1c[nH]c2cc(F)ccc12. The summed E-state index contributed by atoms with van der Waals surface area (Å²) in [6.07, 6.45) is 3.07. The topological polar surface area (TPSA) is 53.8 Å². The fourth-order valence-corrected chi connectivity index (χ4v) is 2.75. The molecule has 2 aromatic rings. The van der Waals surface area contributed by atoms with E-state index in [9.17, 15) is 4.39 Å². The lowest BCUT2D eigenvalue weighted by molar-refractivity contribution is 0.475. The van der Waals surface area contributed by atoms with Gasteiger partial charge in [0.1, 0.15) is 5.82 Å². The summed E-state index contributed by atoms with van der Waals surface area (Å²) in [7, 11) is 0. The second-order valence-electron chi connectivity index (χ2n) is 4.65. The van der Waals surface area contributed by atoms with Gasteiger partial charge in [-0.2, -0.15) is 0 Å². The smallest absolute Gasteiger partial charge is 0.125 e. The van der Waals surface area contributed by atoms with Gasteiger partial charge in [-0.05, 0) is 49.2 Å². The molecule has 1 aromatic carbocycles. The molecule has 1 fully saturated rings. The van der Waals surface area contributed by atoms with Crippen LogP contribution in [0, 0.1) is 11.7 Å². The summed E-state index contributed by atoms with van der Waals surface area (Å²) in [5.74, 6) is 0.264. The maximum Gasteiger partial charge on any atom is 0.125 e. The first-order chi connectivity index (χ1) is 8.29. The Kier molecular flexibility index (Phi) is 2.61. The lowest BCUT2D eigenvalue weighted by Crippen LogP contribution is -2.22. The highest BCUT2D eigenvalue weighted by atomic mass is 19.1. The summed E-state index contributed by atoms with van der Waals surface area (Å²) >= 11 is 0. The average molecular weight is 233 g/mol. The number of aromatic nitrogens is 1. The Labute approximate surface area is 99.2 Å². The van der Waals surface area contributed by atoms with Gasteiger partial charge >= 0.3 is 0 Å². The molecule has 2 heterocycles. The standard InChI is InChI=1S/C13H16FN3/c14-9-1-2-10-11(7-17-12(10)5-9)13-8(6-15)3-4-16-13/h1-2,5,7-8,13,16-17H,3-4,6,15H2. The van der Waals surface area contributed by atoms with Crippen LogP contribution < -0.4 is 11.1 Å². The van der Waals surface area contributed by atoms with E-state index in [1.54, 1.807) is 0 Å². The van der Waals surface area contributed by atoms with Crippen molar-refractivity contribution in [1.29, 1.82) is 0 Å². The van der Waals surface area contributed by atoms with Crippen molar-refractivity contribution >= 4 is 10.9 Å². The van der Waals surface area contributed by atoms with Crippen LogP contribution in [0.5, 0.6) is 0 Å². The fraction of sp³-hybridized carbons (Fsp3) is 0.385. The van der Waals surface area contributed by atoms with Gasteiger partial charge in [-0.15, -0.1) is 0 Å². The van der Waals surface area contributed by atoms with E-state index in [2.05, 4.69) is 10.3 Å². The van der Waals surface area contributed by atoms with Gasteiger partial charge in [0.15, 0.2) is 0 Å². The van der Waals surface area contributed by atoms with Crippen LogP contribution in [-0.4, -0.2) is 18.1 Å². The summed E-state index contributed by atoms with van der Waals surface area (Å²) in [6, 6.07) is 5.17. The van der Waals surface area contributed by atoms with Gasteiger partial charge in [-0.1, -0.05) is 0 Å². The van der Waals surface area contributed by atoms with E-state index in [1.807, 2.05) is 12.3 Å². The second kappa shape index (κ2) is 4.13. The molecule has 1 aliphatic heterocycles. The summed E-state index contributed by atoms with van der Waals surface area (Å²) in [6.45, 7) is 1.69. The Balaban J connectivity index is 2.05. The van der Waals surface area contributed by atoms with Crippen LogP contribution in [0.3, 0.4) is 0 Å². The molecule has 0 aliphatic carbocycles. The Bertz CT molecular complexity index is 534. The number of rotatable bonds is 2. The van der Waals surface area contributed by atoms with Crippen LogP contribution in [0.4, 0.5) is 4.39 Å². The van der Waals surface area contributed by atoms with Crippen LogP contribution >= 0.6 is 0 Å². The highest BCUT2D eigenvalue weighted by Crippen LogP contribution is 2.33. The van der Waals surface area contributed by atoms with Gasteiger partial charge in [0, 0.05) is 23.1 Å². The third-order valence-electron chi connectivity index (χ3n) is 3.66. The van der Waals surface area contributed by atoms with Crippen molar-refractivity contribution < 1.29 is 4.39 Å². The summed E-state index contributed by atoms with van der Waals surface area (Å²) in [4.78, 5) is 3.13. The number of nitrogens with one attached hydrogen (secondary N) is 2. The summed E-state index contributed by atoms with van der Waals surface area (Å²) in [5, 5.41) is 4.56. The van der Waals surface area contributed by atoms with Crippen LogP contribution in [0.1, 0.15) is 18.0 Å². The molecule has 0 spiro atoms. The highest BCUT2D eigenvalue weighted by Gasteiger charge is 2.28. The normalized spacial score (nSPS) is 24.6. The molecule has 4 N–H and O–H groups in total. The van der Waals surface area contributed by atoms with Gasteiger partial charge in [-0.3, -0.25) is 0 Å². The first-order valence-corrected chi connectivity index (χ1v) is 5.99. The predicted octanol–water partition coefficient (Wildman–Crippen LogP) is 1.92. The third-order valence-corrected chi connectivity index (χ3v) is 3.66. The van der Waals surface area contributed by atoms with E-state index in [4.69, 9.17) is 5.73 Å². The van der Waals surface area contributed by atoms with Crippen molar-refractivity contribution in [3.63, 3.8) is 0 Å². The zero-order valence-electron chi connectivity index (χ0n) is 9.54. The van der Waals surface area contributed by atoms with Gasteiger partial charge in [-0.25, -0.2) is 4.39 Å². The van der Waals surface area contributed by atoms with Crippen molar-refractivity contribution in [2.24, 2.45) is 11.7 Å². The lowest BCUT2D eigenvalue weighted by Gasteiger charge is -2.17. The quantitative estimate of drug-likeness (QED) is 0.742. The van der Waals surface area contributed by atoms with Gasteiger partial charge in [0.05, 0.1) is 0 Å². The Morgan fingerprint density at radius 3 is 3.12 bits per heavy atom. The van der Waals surface area contributed by atoms with Crippen molar-refractivity contribution in [2.75, 3.05) is 13.1 Å². The second-order valence-corrected chi connectivity index (χ2v) is 4.65. The monoisotopic (exact) mass is 233 g/mol. The minimum atomic E-state index is -0.208. The zero-order valence-corrected chi connectivity index (χ0v) is 9.54. The molecule has 3 rings (SSSR count). The predicted molar refractivity (Wildman–Crippen MR) is 66.2 cm³/mol. The van der Waals surface area contributed by atoms with Crippen molar-refractivity contribution in [1.82, 2.24) is 10.3 Å². The van der Waals surface area contributed by atoms with Crippen LogP contribution in [0.15, 0.2) is 24.4 Å². The molecule has 0 saturated carbocycles. The number of halogens is 1. The van der Waals surface area contributed by atoms with Crippen molar-refractivity contribution in [3.8, 4) is 0 Å². The lowest BCUT2D eigenvalue weighted by atomic mass is 9.94. The number of benzene rings is 1. The van der Waals surface area contributed by atoms with E-state index in [0.717, 1.165) is 23.9 Å². The minimum Gasteiger partial charge on any atom is -0.361 e. The highest BCUT2D eigenvalue weighted by molar-refractivity contribution is 5.83. The zero-order chi connectivity index (χ0) is 11.8. The molecule has 2 atom stereocenters. The van der Waals surface area contributed by atoms with Crippen molar-refractivity contribution in [3.05, 3.63) is 35.8 Å².